The molecule has 11 aromatic rings. The molecule has 0 saturated carbocycles. The van der Waals surface area contributed by atoms with Crippen molar-refractivity contribution >= 4 is 77.2 Å². The normalized spacial score (nSPS) is 14.0. The van der Waals surface area contributed by atoms with Crippen LogP contribution in [-0.4, -0.2) is 0 Å². The summed E-state index contributed by atoms with van der Waals surface area (Å²) < 4.78 is 0. The molecule has 2 heteroatoms. The first-order valence-corrected chi connectivity index (χ1v) is 24.1. The van der Waals surface area contributed by atoms with Gasteiger partial charge in [-0.25, -0.2) is 0 Å². The fourth-order valence-electron chi connectivity index (χ4n) is 12.5. The van der Waals surface area contributed by atoms with E-state index in [9.17, 15) is 0 Å². The van der Waals surface area contributed by atoms with Crippen molar-refractivity contribution in [2.24, 2.45) is 0 Å². The van der Waals surface area contributed by atoms with E-state index in [1.165, 1.54) is 133 Å². The van der Waals surface area contributed by atoms with Crippen LogP contribution in [0, 0.1) is 13.8 Å². The quantitative estimate of drug-likeness (QED) is 0.164. The van der Waals surface area contributed by atoms with Gasteiger partial charge in [-0.15, -0.1) is 0 Å². The lowest BCUT2D eigenvalue weighted by Gasteiger charge is -2.33. The highest BCUT2D eigenvalue weighted by Gasteiger charge is 2.47. The van der Waals surface area contributed by atoms with Crippen molar-refractivity contribution in [1.82, 2.24) is 0 Å². The maximum Gasteiger partial charge on any atom is 0.0540 e. The van der Waals surface area contributed by atoms with Gasteiger partial charge in [-0.1, -0.05) is 185 Å². The predicted octanol–water partition coefficient (Wildman–Crippen LogP) is 18.5. The summed E-state index contributed by atoms with van der Waals surface area (Å²) in [7, 11) is 0. The topological polar surface area (TPSA) is 6.48 Å². The molecule has 0 aromatic heterocycles. The molecule has 0 bridgehead atoms. The first kappa shape index (κ1) is 40.3. The van der Waals surface area contributed by atoms with E-state index in [2.05, 4.69) is 258 Å². The van der Waals surface area contributed by atoms with E-state index in [-0.39, 0.29) is 10.8 Å². The molecule has 68 heavy (non-hydrogen) atoms. The first-order valence-electron chi connectivity index (χ1n) is 24.1. The molecule has 0 heterocycles. The van der Waals surface area contributed by atoms with Gasteiger partial charge in [0, 0.05) is 43.7 Å². The van der Waals surface area contributed by atoms with E-state index in [1.807, 2.05) is 0 Å². The Morgan fingerprint density at radius 3 is 0.897 bits per heavy atom. The molecule has 2 aliphatic carbocycles. The van der Waals surface area contributed by atoms with Crippen molar-refractivity contribution in [3.63, 3.8) is 0 Å². The average Bonchev–Trinajstić information content (AvgIpc) is 3.74. The molecule has 13 rings (SSSR count). The fourth-order valence-corrected chi connectivity index (χ4v) is 12.5. The summed E-state index contributed by atoms with van der Waals surface area (Å²) in [6, 6.07) is 76.8. The smallest absolute Gasteiger partial charge is 0.0540 e. The maximum absolute atomic E-state index is 2.52. The van der Waals surface area contributed by atoms with Gasteiger partial charge in [-0.05, 0) is 140 Å². The zero-order valence-electron chi connectivity index (χ0n) is 39.5. The van der Waals surface area contributed by atoms with Crippen molar-refractivity contribution < 1.29 is 0 Å². The van der Waals surface area contributed by atoms with Gasteiger partial charge in [0.1, 0.15) is 0 Å². The van der Waals surface area contributed by atoms with Gasteiger partial charge in [-0.2, -0.15) is 0 Å². The van der Waals surface area contributed by atoms with Gasteiger partial charge >= 0.3 is 0 Å². The molecular weight excluding hydrogens is 821 g/mol. The number of rotatable bonds is 6. The number of fused-ring (bicyclic) bond motifs is 11. The van der Waals surface area contributed by atoms with Crippen molar-refractivity contribution in [3.8, 4) is 22.3 Å². The SMILES string of the molecule is Cc1cc(N(c2cccc3ccccc23)c2cccc3ccccc23)cc2c1-c1ccc3c(c1C2(C)C)C(C)(C)c1cc(N(c2cccc4ccccc24)c2cccc4ccccc24)cc(C)c1-3. The van der Waals surface area contributed by atoms with E-state index in [0.29, 0.717) is 0 Å². The van der Waals surface area contributed by atoms with Crippen LogP contribution < -0.4 is 9.80 Å². The van der Waals surface area contributed by atoms with Gasteiger partial charge in [0.15, 0.2) is 0 Å². The minimum atomic E-state index is -0.284. The third-order valence-electron chi connectivity index (χ3n) is 15.5. The summed E-state index contributed by atoms with van der Waals surface area (Å²) in [4.78, 5) is 5.04. The van der Waals surface area contributed by atoms with Crippen LogP contribution in [0.2, 0.25) is 0 Å². The summed E-state index contributed by atoms with van der Waals surface area (Å²) >= 11 is 0. The number of anilines is 6. The number of benzene rings is 11. The Bertz CT molecular complexity index is 3470. The number of nitrogens with zero attached hydrogens (tertiary/aromatic N) is 2. The van der Waals surface area contributed by atoms with Crippen LogP contribution in [-0.2, 0) is 10.8 Å². The number of hydrogen-bond donors (Lipinski definition) is 0. The highest BCUT2D eigenvalue weighted by atomic mass is 15.2. The van der Waals surface area contributed by atoms with Crippen molar-refractivity contribution in [2.75, 3.05) is 9.80 Å². The first-order chi connectivity index (χ1) is 33.1. The summed E-state index contributed by atoms with van der Waals surface area (Å²) in [5, 5.41) is 9.85. The zero-order valence-corrected chi connectivity index (χ0v) is 39.5. The average molecular weight is 873 g/mol. The van der Waals surface area contributed by atoms with E-state index in [0.717, 1.165) is 0 Å². The van der Waals surface area contributed by atoms with Gasteiger partial charge in [0.05, 0.1) is 22.7 Å². The molecule has 11 aromatic carbocycles. The lowest BCUT2D eigenvalue weighted by atomic mass is 9.72. The van der Waals surface area contributed by atoms with Crippen LogP contribution in [0.4, 0.5) is 34.1 Å². The Balaban J connectivity index is 0.993. The second kappa shape index (κ2) is 14.8. The third kappa shape index (κ3) is 5.77. The van der Waals surface area contributed by atoms with Crippen LogP contribution in [0.25, 0.3) is 65.3 Å². The minimum Gasteiger partial charge on any atom is -0.309 e. The zero-order chi connectivity index (χ0) is 46.1. The summed E-state index contributed by atoms with van der Waals surface area (Å²) in [5.41, 5.74) is 20.2. The molecule has 0 amide bonds. The Labute approximate surface area is 399 Å². The number of hydrogen-bond acceptors (Lipinski definition) is 2. The van der Waals surface area contributed by atoms with Crippen LogP contribution in [0.5, 0.6) is 0 Å². The molecule has 0 fully saturated rings. The monoisotopic (exact) mass is 872 g/mol. The highest BCUT2D eigenvalue weighted by molar-refractivity contribution is 6.07. The van der Waals surface area contributed by atoms with Crippen LogP contribution >= 0.6 is 0 Å². The Kier molecular flexibility index (Phi) is 8.77. The van der Waals surface area contributed by atoms with E-state index in [4.69, 9.17) is 0 Å². The highest BCUT2D eigenvalue weighted by Crippen LogP contribution is 2.62. The second-order valence-electron chi connectivity index (χ2n) is 20.2. The molecular formula is C66H52N2. The lowest BCUT2D eigenvalue weighted by molar-refractivity contribution is 0.601. The predicted molar refractivity (Wildman–Crippen MR) is 290 cm³/mol. The molecule has 0 N–H and O–H groups in total. The van der Waals surface area contributed by atoms with Crippen LogP contribution in [0.15, 0.2) is 206 Å². The lowest BCUT2D eigenvalue weighted by Crippen LogP contribution is -2.24. The third-order valence-corrected chi connectivity index (χ3v) is 15.5. The van der Waals surface area contributed by atoms with Crippen molar-refractivity contribution in [3.05, 3.63) is 240 Å². The molecule has 0 atom stereocenters. The van der Waals surface area contributed by atoms with Crippen LogP contribution in [0.1, 0.15) is 61.1 Å². The molecule has 0 spiro atoms. The molecule has 0 unspecified atom stereocenters. The minimum absolute atomic E-state index is 0.284. The Morgan fingerprint density at radius 1 is 0.309 bits per heavy atom. The van der Waals surface area contributed by atoms with Crippen molar-refractivity contribution in [1.29, 1.82) is 0 Å². The van der Waals surface area contributed by atoms with E-state index < -0.39 is 0 Å². The number of aryl methyl sites for hydroxylation is 2. The van der Waals surface area contributed by atoms with Gasteiger partial charge in [0.2, 0.25) is 0 Å². The van der Waals surface area contributed by atoms with Crippen LogP contribution in [0.3, 0.4) is 0 Å². The fraction of sp³-hybridized carbons (Fsp3) is 0.121. The summed E-state index contributed by atoms with van der Waals surface area (Å²) in [6.07, 6.45) is 0. The summed E-state index contributed by atoms with van der Waals surface area (Å²) in [5.74, 6) is 0. The summed E-state index contributed by atoms with van der Waals surface area (Å²) in [6.45, 7) is 14.6. The van der Waals surface area contributed by atoms with Gasteiger partial charge in [-0.3, -0.25) is 0 Å². The Hall–Kier alpha value is -7.94. The molecule has 326 valence electrons. The van der Waals surface area contributed by atoms with Gasteiger partial charge in [0.25, 0.3) is 0 Å². The molecule has 2 nitrogen and oxygen atoms in total. The molecule has 0 saturated heterocycles. The maximum atomic E-state index is 2.52. The molecule has 0 radical (unpaired) electrons. The van der Waals surface area contributed by atoms with Crippen molar-refractivity contribution in [2.45, 2.75) is 52.4 Å². The molecule has 2 aliphatic rings. The van der Waals surface area contributed by atoms with E-state index in [1.54, 1.807) is 0 Å². The standard InChI is InChI=1S/C66H52N2/c1-41-37-47(67(57-31-15-23-43-19-7-11-27-49(43)57)58-32-16-24-44-20-8-12-28-50(44)58)39-55-61(41)53-35-36-54-62-42(2)38-48(40-56(62)66(5,6)64(54)63(53)65(55,3)4)68(59-33-17-25-45-21-9-13-29-51(45)59)60-34-18-26-46-22-10-14-30-52(46)60/h7-40H,1-6H3. The second-order valence-corrected chi connectivity index (χ2v) is 20.2. The largest absolute Gasteiger partial charge is 0.309 e. The van der Waals surface area contributed by atoms with E-state index >= 15 is 0 Å². The Morgan fingerprint density at radius 2 is 0.588 bits per heavy atom. The van der Waals surface area contributed by atoms with Gasteiger partial charge < -0.3 is 9.80 Å². The molecule has 0 aliphatic heterocycles.